The van der Waals surface area contributed by atoms with Gasteiger partial charge in [0.25, 0.3) is 0 Å². The van der Waals surface area contributed by atoms with Gasteiger partial charge < -0.3 is 9.64 Å². The molecule has 4 rings (SSSR count). The van der Waals surface area contributed by atoms with E-state index in [1.54, 1.807) is 9.13 Å². The number of fused-ring (bicyclic) bond motifs is 1. The number of hydrogen-bond donors (Lipinski definition) is 0. The molecule has 1 aliphatic rings. The molecule has 0 spiro atoms. The van der Waals surface area contributed by atoms with E-state index >= 15 is 0 Å². The number of rotatable bonds is 5. The van der Waals surface area contributed by atoms with Crippen LogP contribution >= 0.6 is 0 Å². The van der Waals surface area contributed by atoms with E-state index in [0.29, 0.717) is 32.6 Å². The van der Waals surface area contributed by atoms with Crippen LogP contribution < -0.4 is 5.69 Å². The van der Waals surface area contributed by atoms with Crippen LogP contribution in [0.15, 0.2) is 59.4 Å². The number of carbonyl (C=O) groups is 1. The maximum absolute atomic E-state index is 13.0. The minimum atomic E-state index is -0.117. The molecule has 3 aromatic rings. The van der Waals surface area contributed by atoms with Crippen molar-refractivity contribution in [1.82, 2.24) is 14.0 Å². The summed E-state index contributed by atoms with van der Waals surface area (Å²) < 4.78 is 9.53. The number of ether oxygens (including phenoxy) is 1. The van der Waals surface area contributed by atoms with Gasteiger partial charge in [0.05, 0.1) is 23.7 Å². The van der Waals surface area contributed by atoms with Crippen LogP contribution in [0.4, 0.5) is 0 Å². The Bertz CT molecular complexity index is 1050. The van der Waals surface area contributed by atoms with E-state index < -0.39 is 0 Å². The van der Waals surface area contributed by atoms with Crippen LogP contribution in [0.2, 0.25) is 0 Å². The highest BCUT2D eigenvalue weighted by Crippen LogP contribution is 2.25. The molecule has 0 radical (unpaired) electrons. The number of carbonyl (C=O) groups excluding carboxylic acids is 1. The summed E-state index contributed by atoms with van der Waals surface area (Å²) in [5.74, 6) is 0.0568. The zero-order valence-electron chi connectivity index (χ0n) is 17.0. The summed E-state index contributed by atoms with van der Waals surface area (Å²) in [6.07, 6.45) is 0.155. The van der Waals surface area contributed by atoms with Gasteiger partial charge in [-0.05, 0) is 31.5 Å². The number of imidazole rings is 1. The summed E-state index contributed by atoms with van der Waals surface area (Å²) in [6, 6.07) is 17.8. The summed E-state index contributed by atoms with van der Waals surface area (Å²) in [5.41, 5.74) is 2.82. The van der Waals surface area contributed by atoms with Crippen LogP contribution in [0.5, 0.6) is 0 Å². The highest BCUT2D eigenvalue weighted by Gasteiger charge is 2.29. The van der Waals surface area contributed by atoms with Crippen molar-refractivity contribution in [2.45, 2.75) is 45.6 Å². The first kappa shape index (κ1) is 19.5. The van der Waals surface area contributed by atoms with Gasteiger partial charge in [0.2, 0.25) is 5.91 Å². The van der Waals surface area contributed by atoms with Crippen LogP contribution in [-0.4, -0.2) is 39.1 Å². The molecule has 1 fully saturated rings. The second-order valence-electron chi connectivity index (χ2n) is 7.56. The number of amides is 1. The first-order valence-electron chi connectivity index (χ1n) is 10.2. The average molecular weight is 393 g/mol. The molecule has 29 heavy (non-hydrogen) atoms. The smallest absolute Gasteiger partial charge is 0.329 e. The van der Waals surface area contributed by atoms with Gasteiger partial charge in [-0.25, -0.2) is 4.79 Å². The molecular weight excluding hydrogens is 366 g/mol. The highest BCUT2D eigenvalue weighted by atomic mass is 16.5. The molecule has 0 saturated carbocycles. The second-order valence-corrected chi connectivity index (χ2v) is 7.56. The summed E-state index contributed by atoms with van der Waals surface area (Å²) in [6.45, 7) is 6.07. The number of para-hydroxylation sites is 2. The predicted octanol–water partition coefficient (Wildman–Crippen LogP) is 3.20. The van der Waals surface area contributed by atoms with Gasteiger partial charge in [-0.15, -0.1) is 0 Å². The Kier molecular flexibility index (Phi) is 5.53. The van der Waals surface area contributed by atoms with E-state index in [4.69, 9.17) is 4.74 Å². The molecule has 2 heterocycles. The number of morpholine rings is 1. The summed E-state index contributed by atoms with van der Waals surface area (Å²) in [5, 5.41) is 0. The van der Waals surface area contributed by atoms with E-state index in [0.717, 1.165) is 16.6 Å². The Morgan fingerprint density at radius 2 is 1.66 bits per heavy atom. The molecule has 2 atom stereocenters. The molecule has 0 bridgehead atoms. The number of nitrogens with zero attached hydrogens (tertiary/aromatic N) is 3. The largest absolute Gasteiger partial charge is 0.367 e. The van der Waals surface area contributed by atoms with Crippen LogP contribution in [0, 0.1) is 0 Å². The zero-order valence-corrected chi connectivity index (χ0v) is 17.0. The Morgan fingerprint density at radius 3 is 2.34 bits per heavy atom. The monoisotopic (exact) mass is 393 g/mol. The SMILES string of the molecule is CCn1c(=O)n(CCC(=O)N2C[C@@H](c3ccccc3)O[C@@H](C)C2)c2ccccc21. The van der Waals surface area contributed by atoms with Crippen molar-refractivity contribution in [3.05, 3.63) is 70.6 Å². The Morgan fingerprint density at radius 1 is 1.00 bits per heavy atom. The third-order valence-corrected chi connectivity index (χ3v) is 5.57. The lowest BCUT2D eigenvalue weighted by atomic mass is 10.1. The van der Waals surface area contributed by atoms with E-state index in [-0.39, 0.29) is 23.8 Å². The van der Waals surface area contributed by atoms with Gasteiger partial charge >= 0.3 is 5.69 Å². The summed E-state index contributed by atoms with van der Waals surface area (Å²) in [4.78, 5) is 27.6. The van der Waals surface area contributed by atoms with Gasteiger partial charge in [-0.2, -0.15) is 0 Å². The van der Waals surface area contributed by atoms with Crippen molar-refractivity contribution in [3.8, 4) is 0 Å². The average Bonchev–Trinajstić information content (AvgIpc) is 3.02. The highest BCUT2D eigenvalue weighted by molar-refractivity contribution is 5.78. The number of benzene rings is 2. The Hall–Kier alpha value is -2.86. The molecule has 1 saturated heterocycles. The molecule has 1 aliphatic heterocycles. The van der Waals surface area contributed by atoms with Gasteiger partial charge in [0.15, 0.2) is 0 Å². The minimum Gasteiger partial charge on any atom is -0.367 e. The van der Waals surface area contributed by atoms with Crippen molar-refractivity contribution >= 4 is 16.9 Å². The topological polar surface area (TPSA) is 56.5 Å². The third kappa shape index (κ3) is 3.85. The van der Waals surface area contributed by atoms with Crippen LogP contribution in [0.25, 0.3) is 11.0 Å². The van der Waals surface area contributed by atoms with Crippen molar-refractivity contribution in [2.24, 2.45) is 0 Å². The lowest BCUT2D eigenvalue weighted by Crippen LogP contribution is -2.46. The zero-order chi connectivity index (χ0) is 20.4. The maximum atomic E-state index is 13.0. The molecular formula is C23H27N3O3. The molecule has 6 nitrogen and oxygen atoms in total. The molecule has 152 valence electrons. The predicted molar refractivity (Wildman–Crippen MR) is 113 cm³/mol. The van der Waals surface area contributed by atoms with Crippen molar-refractivity contribution in [1.29, 1.82) is 0 Å². The fraction of sp³-hybridized carbons (Fsp3) is 0.391. The van der Waals surface area contributed by atoms with Gasteiger partial charge in [-0.1, -0.05) is 42.5 Å². The van der Waals surface area contributed by atoms with Crippen molar-refractivity contribution in [2.75, 3.05) is 13.1 Å². The van der Waals surface area contributed by atoms with E-state index in [2.05, 4.69) is 0 Å². The number of hydrogen-bond acceptors (Lipinski definition) is 3. The standard InChI is InChI=1S/C23H27N3O3/c1-3-25-19-11-7-8-12-20(19)26(23(25)28)14-13-22(27)24-15-17(2)29-21(16-24)18-9-5-4-6-10-18/h4-12,17,21H,3,13-16H2,1-2H3/t17-,21-/m0/s1. The summed E-state index contributed by atoms with van der Waals surface area (Å²) in [7, 11) is 0. The van der Waals surface area contributed by atoms with Gasteiger partial charge in [0, 0.05) is 26.1 Å². The fourth-order valence-corrected chi connectivity index (χ4v) is 4.17. The van der Waals surface area contributed by atoms with E-state index in [1.807, 2.05) is 73.3 Å². The molecule has 0 unspecified atom stereocenters. The lowest BCUT2D eigenvalue weighted by molar-refractivity contribution is -0.145. The molecule has 6 heteroatoms. The number of aryl methyl sites for hydroxylation is 2. The third-order valence-electron chi connectivity index (χ3n) is 5.57. The van der Waals surface area contributed by atoms with E-state index in [1.165, 1.54) is 0 Å². The normalized spacial score (nSPS) is 19.6. The fourth-order valence-electron chi connectivity index (χ4n) is 4.17. The maximum Gasteiger partial charge on any atom is 0.329 e. The van der Waals surface area contributed by atoms with Crippen molar-refractivity contribution in [3.63, 3.8) is 0 Å². The first-order chi connectivity index (χ1) is 14.1. The molecule has 1 aromatic heterocycles. The Balaban J connectivity index is 1.49. The summed E-state index contributed by atoms with van der Waals surface area (Å²) >= 11 is 0. The molecule has 0 aliphatic carbocycles. The van der Waals surface area contributed by atoms with Crippen LogP contribution in [-0.2, 0) is 22.6 Å². The minimum absolute atomic E-state index is 0.0253. The molecule has 2 aromatic carbocycles. The van der Waals surface area contributed by atoms with Crippen LogP contribution in [0.3, 0.4) is 0 Å². The van der Waals surface area contributed by atoms with Gasteiger partial charge in [0.1, 0.15) is 6.10 Å². The quantitative estimate of drug-likeness (QED) is 0.669. The Labute approximate surface area is 170 Å². The molecule has 1 amide bonds. The van der Waals surface area contributed by atoms with E-state index in [9.17, 15) is 9.59 Å². The second kappa shape index (κ2) is 8.25. The molecule has 0 N–H and O–H groups in total. The van der Waals surface area contributed by atoms with Gasteiger partial charge in [-0.3, -0.25) is 13.9 Å². The lowest BCUT2D eigenvalue weighted by Gasteiger charge is -2.37. The first-order valence-corrected chi connectivity index (χ1v) is 10.2. The van der Waals surface area contributed by atoms with Crippen LogP contribution in [0.1, 0.15) is 31.9 Å². The number of aromatic nitrogens is 2. The van der Waals surface area contributed by atoms with Crippen molar-refractivity contribution < 1.29 is 9.53 Å².